The highest BCUT2D eigenvalue weighted by Crippen LogP contribution is 2.17. The lowest BCUT2D eigenvalue weighted by Gasteiger charge is -2.26. The predicted molar refractivity (Wildman–Crippen MR) is 63.8 cm³/mol. The Balaban J connectivity index is 2.49. The number of nitrogens with one attached hydrogen (secondary N) is 1. The quantitative estimate of drug-likeness (QED) is 0.769. The zero-order chi connectivity index (χ0) is 12.9. The van der Waals surface area contributed by atoms with Crippen LogP contribution < -0.4 is 5.32 Å². The first-order chi connectivity index (χ1) is 7.92. The standard InChI is InChI=1S/C12H23NO4/c1-12(2,3)17-11(15)13-10-5-7-16-6-4-9(10)8-14/h9-10,14H,4-8H2,1-3H3,(H,13,15)/t9-,10+/m0/s1. The van der Waals surface area contributed by atoms with Gasteiger partial charge in [0.15, 0.2) is 0 Å². The normalized spacial score (nSPS) is 26.1. The minimum Gasteiger partial charge on any atom is -0.444 e. The summed E-state index contributed by atoms with van der Waals surface area (Å²) >= 11 is 0. The van der Waals surface area contributed by atoms with Crippen LogP contribution in [0, 0.1) is 5.92 Å². The van der Waals surface area contributed by atoms with Gasteiger partial charge in [-0.15, -0.1) is 0 Å². The van der Waals surface area contributed by atoms with Crippen molar-refractivity contribution in [3.63, 3.8) is 0 Å². The highest BCUT2D eigenvalue weighted by Gasteiger charge is 2.26. The van der Waals surface area contributed by atoms with Gasteiger partial charge in [0.05, 0.1) is 0 Å². The van der Waals surface area contributed by atoms with Gasteiger partial charge in [-0.05, 0) is 33.6 Å². The summed E-state index contributed by atoms with van der Waals surface area (Å²) < 4.78 is 10.5. The molecule has 1 heterocycles. The number of carbonyl (C=O) groups excluding carboxylic acids is 1. The van der Waals surface area contributed by atoms with Crippen LogP contribution in [0.25, 0.3) is 0 Å². The van der Waals surface area contributed by atoms with Crippen molar-refractivity contribution in [3.05, 3.63) is 0 Å². The summed E-state index contributed by atoms with van der Waals surface area (Å²) in [6, 6.07) is -0.0719. The Bertz CT molecular complexity index is 249. The Hall–Kier alpha value is -0.810. The first kappa shape index (κ1) is 14.3. The fraction of sp³-hybridized carbons (Fsp3) is 0.917. The van der Waals surface area contributed by atoms with Gasteiger partial charge in [0.25, 0.3) is 0 Å². The third kappa shape index (κ3) is 5.37. The Labute approximate surface area is 102 Å². The van der Waals surface area contributed by atoms with Gasteiger partial charge in [0, 0.05) is 31.8 Å². The van der Waals surface area contributed by atoms with Gasteiger partial charge in [-0.25, -0.2) is 4.79 Å². The minimum atomic E-state index is -0.500. The topological polar surface area (TPSA) is 67.8 Å². The van der Waals surface area contributed by atoms with E-state index in [1.807, 2.05) is 20.8 Å². The van der Waals surface area contributed by atoms with Crippen LogP contribution in [0.5, 0.6) is 0 Å². The summed E-state index contributed by atoms with van der Waals surface area (Å²) in [6.45, 7) is 6.78. The number of alkyl carbamates (subject to hydrolysis) is 1. The van der Waals surface area contributed by atoms with Gasteiger partial charge >= 0.3 is 6.09 Å². The second kappa shape index (κ2) is 6.21. The molecule has 100 valence electrons. The summed E-state index contributed by atoms with van der Waals surface area (Å²) in [5.41, 5.74) is -0.500. The summed E-state index contributed by atoms with van der Waals surface area (Å²) in [5, 5.41) is 12.1. The van der Waals surface area contributed by atoms with Crippen molar-refractivity contribution < 1.29 is 19.4 Å². The molecule has 1 saturated heterocycles. The van der Waals surface area contributed by atoms with E-state index in [1.54, 1.807) is 0 Å². The van der Waals surface area contributed by atoms with Gasteiger partial charge in [0.1, 0.15) is 5.60 Å². The first-order valence-electron chi connectivity index (χ1n) is 6.10. The Morgan fingerprint density at radius 2 is 2.06 bits per heavy atom. The molecule has 0 aliphatic carbocycles. The fourth-order valence-electron chi connectivity index (χ4n) is 1.85. The van der Waals surface area contributed by atoms with Crippen LogP contribution in [0.3, 0.4) is 0 Å². The molecule has 0 aromatic heterocycles. The molecule has 0 spiro atoms. The molecule has 0 aromatic rings. The molecule has 1 aliphatic rings. The maximum absolute atomic E-state index is 11.6. The second-order valence-corrected chi connectivity index (χ2v) is 5.39. The first-order valence-corrected chi connectivity index (χ1v) is 6.10. The van der Waals surface area contributed by atoms with Crippen LogP contribution in [0.2, 0.25) is 0 Å². The van der Waals surface area contributed by atoms with E-state index >= 15 is 0 Å². The Morgan fingerprint density at radius 3 is 2.65 bits per heavy atom. The van der Waals surface area contributed by atoms with Gasteiger partial charge in [0.2, 0.25) is 0 Å². The number of aliphatic hydroxyl groups is 1. The van der Waals surface area contributed by atoms with Crippen LogP contribution in [0.4, 0.5) is 4.79 Å². The highest BCUT2D eigenvalue weighted by molar-refractivity contribution is 5.68. The highest BCUT2D eigenvalue weighted by atomic mass is 16.6. The molecule has 2 atom stereocenters. The largest absolute Gasteiger partial charge is 0.444 e. The molecule has 5 heteroatoms. The smallest absolute Gasteiger partial charge is 0.407 e. The molecule has 5 nitrogen and oxygen atoms in total. The summed E-state index contributed by atoms with van der Waals surface area (Å²) in [5.74, 6) is 0.0463. The molecule has 0 aromatic carbocycles. The van der Waals surface area contributed by atoms with Crippen LogP contribution in [-0.4, -0.2) is 42.7 Å². The number of hydrogen-bond donors (Lipinski definition) is 2. The SMILES string of the molecule is CC(C)(C)OC(=O)N[C@@H]1CCOCC[C@H]1CO. The molecule has 1 rings (SSSR count). The third-order valence-corrected chi connectivity index (χ3v) is 2.71. The predicted octanol–water partition coefficient (Wildman–Crippen LogP) is 1.30. The van der Waals surface area contributed by atoms with E-state index in [0.29, 0.717) is 19.6 Å². The minimum absolute atomic E-state index is 0.0463. The third-order valence-electron chi connectivity index (χ3n) is 2.71. The molecule has 1 fully saturated rings. The van der Waals surface area contributed by atoms with Crippen molar-refractivity contribution in [3.8, 4) is 0 Å². The molecular formula is C12H23NO4. The van der Waals surface area contributed by atoms with Gasteiger partial charge in [-0.2, -0.15) is 0 Å². The fourth-order valence-corrected chi connectivity index (χ4v) is 1.85. The lowest BCUT2D eigenvalue weighted by Crippen LogP contribution is -2.44. The average Bonchev–Trinajstić information content (AvgIpc) is 2.39. The molecule has 0 saturated carbocycles. The van der Waals surface area contributed by atoms with E-state index in [-0.39, 0.29) is 18.6 Å². The Morgan fingerprint density at radius 1 is 1.41 bits per heavy atom. The second-order valence-electron chi connectivity index (χ2n) is 5.39. The van der Waals surface area contributed by atoms with Crippen molar-refractivity contribution in [2.75, 3.05) is 19.8 Å². The molecule has 17 heavy (non-hydrogen) atoms. The summed E-state index contributed by atoms with van der Waals surface area (Å²) in [7, 11) is 0. The van der Waals surface area contributed by atoms with Crippen LogP contribution in [-0.2, 0) is 9.47 Å². The monoisotopic (exact) mass is 245 g/mol. The van der Waals surface area contributed by atoms with Crippen molar-refractivity contribution in [1.82, 2.24) is 5.32 Å². The number of amides is 1. The zero-order valence-electron chi connectivity index (χ0n) is 10.9. The van der Waals surface area contributed by atoms with E-state index in [9.17, 15) is 9.90 Å². The molecule has 1 amide bonds. The van der Waals surface area contributed by atoms with E-state index in [1.165, 1.54) is 0 Å². The number of ether oxygens (including phenoxy) is 2. The molecule has 0 radical (unpaired) electrons. The van der Waals surface area contributed by atoms with Crippen molar-refractivity contribution in [2.45, 2.75) is 45.3 Å². The number of carbonyl (C=O) groups is 1. The van der Waals surface area contributed by atoms with E-state index in [4.69, 9.17) is 9.47 Å². The average molecular weight is 245 g/mol. The molecule has 0 unspecified atom stereocenters. The molecule has 0 bridgehead atoms. The van der Waals surface area contributed by atoms with Crippen molar-refractivity contribution in [2.24, 2.45) is 5.92 Å². The summed E-state index contributed by atoms with van der Waals surface area (Å²) in [6.07, 6.45) is 1.05. The molecule has 1 aliphatic heterocycles. The van der Waals surface area contributed by atoms with Gasteiger partial charge in [-0.3, -0.25) is 0 Å². The molecule has 2 N–H and O–H groups in total. The van der Waals surface area contributed by atoms with Crippen molar-refractivity contribution >= 4 is 6.09 Å². The van der Waals surface area contributed by atoms with Crippen molar-refractivity contribution in [1.29, 1.82) is 0 Å². The summed E-state index contributed by atoms with van der Waals surface area (Å²) in [4.78, 5) is 11.6. The maximum atomic E-state index is 11.6. The number of rotatable bonds is 2. The van der Waals surface area contributed by atoms with Crippen LogP contribution in [0.15, 0.2) is 0 Å². The van der Waals surface area contributed by atoms with Crippen LogP contribution in [0.1, 0.15) is 33.6 Å². The Kier molecular flexibility index (Phi) is 5.21. The lowest BCUT2D eigenvalue weighted by atomic mass is 9.96. The molecular weight excluding hydrogens is 222 g/mol. The number of aliphatic hydroxyl groups excluding tert-OH is 1. The maximum Gasteiger partial charge on any atom is 0.407 e. The number of hydrogen-bond acceptors (Lipinski definition) is 4. The van der Waals surface area contributed by atoms with Crippen LogP contribution >= 0.6 is 0 Å². The van der Waals surface area contributed by atoms with E-state index in [0.717, 1.165) is 6.42 Å². The lowest BCUT2D eigenvalue weighted by molar-refractivity contribution is 0.0468. The zero-order valence-corrected chi connectivity index (χ0v) is 10.9. The van der Waals surface area contributed by atoms with Gasteiger partial charge in [-0.1, -0.05) is 0 Å². The van der Waals surface area contributed by atoms with E-state index in [2.05, 4.69) is 5.32 Å². The van der Waals surface area contributed by atoms with E-state index < -0.39 is 11.7 Å². The van der Waals surface area contributed by atoms with Gasteiger partial charge < -0.3 is 19.9 Å².